The molecular formula is C27H30N6O. The minimum absolute atomic E-state index is 0.411. The summed E-state index contributed by atoms with van der Waals surface area (Å²) in [5.41, 5.74) is 6.10. The molecule has 2 aromatic heterocycles. The number of piperidine rings is 1. The number of anilines is 1. The Morgan fingerprint density at radius 1 is 1.09 bits per heavy atom. The number of H-pyrrole nitrogens is 1. The van der Waals surface area contributed by atoms with Crippen LogP contribution in [0, 0.1) is 6.92 Å². The van der Waals surface area contributed by atoms with Crippen molar-refractivity contribution in [2.24, 2.45) is 0 Å². The Morgan fingerprint density at radius 2 is 1.97 bits per heavy atom. The highest BCUT2D eigenvalue weighted by molar-refractivity contribution is 5.78. The van der Waals surface area contributed by atoms with Gasteiger partial charge in [-0.1, -0.05) is 30.3 Å². The second kappa shape index (κ2) is 8.99. The molecule has 1 saturated heterocycles. The molecule has 0 atom stereocenters. The van der Waals surface area contributed by atoms with Gasteiger partial charge in [0.25, 0.3) is 0 Å². The lowest BCUT2D eigenvalue weighted by molar-refractivity contribution is 0.220. The van der Waals surface area contributed by atoms with Crippen LogP contribution in [0.25, 0.3) is 22.2 Å². The zero-order valence-corrected chi connectivity index (χ0v) is 19.5. The number of nitrogens with one attached hydrogen (secondary N) is 2. The van der Waals surface area contributed by atoms with Gasteiger partial charge in [0.2, 0.25) is 5.95 Å². The van der Waals surface area contributed by atoms with Crippen LogP contribution in [0.3, 0.4) is 0 Å². The van der Waals surface area contributed by atoms with Crippen molar-refractivity contribution in [3.63, 3.8) is 0 Å². The van der Waals surface area contributed by atoms with E-state index in [9.17, 15) is 0 Å². The van der Waals surface area contributed by atoms with Crippen molar-refractivity contribution in [3.05, 3.63) is 78.3 Å². The van der Waals surface area contributed by atoms with Crippen LogP contribution in [0.5, 0.6) is 0 Å². The van der Waals surface area contributed by atoms with E-state index in [1.54, 1.807) is 6.20 Å². The first-order valence-corrected chi connectivity index (χ1v) is 12.1. The smallest absolute Gasteiger partial charge is 0.204 e. The van der Waals surface area contributed by atoms with Crippen molar-refractivity contribution in [2.45, 2.75) is 38.8 Å². The van der Waals surface area contributed by atoms with E-state index in [2.05, 4.69) is 73.4 Å². The lowest BCUT2D eigenvalue weighted by Crippen LogP contribution is -2.40. The molecule has 1 aliphatic carbocycles. The van der Waals surface area contributed by atoms with Crippen molar-refractivity contribution >= 4 is 17.0 Å². The molecule has 2 aliphatic heterocycles. The Morgan fingerprint density at radius 3 is 2.82 bits per heavy atom. The summed E-state index contributed by atoms with van der Waals surface area (Å²) in [6.07, 6.45) is 7.12. The second-order valence-electron chi connectivity index (χ2n) is 9.22. The Kier molecular flexibility index (Phi) is 5.55. The summed E-state index contributed by atoms with van der Waals surface area (Å²) >= 11 is 0. The van der Waals surface area contributed by atoms with Crippen molar-refractivity contribution in [1.29, 1.82) is 0 Å². The number of fused-ring (bicyclic) bond motifs is 2. The number of likely N-dealkylation sites (tertiary alicyclic amines) is 1. The molecular weight excluding hydrogens is 424 g/mol. The van der Waals surface area contributed by atoms with Gasteiger partial charge in [0, 0.05) is 56.5 Å². The highest BCUT2D eigenvalue weighted by Crippen LogP contribution is 2.27. The van der Waals surface area contributed by atoms with Crippen LogP contribution in [0.1, 0.15) is 30.2 Å². The summed E-state index contributed by atoms with van der Waals surface area (Å²) in [5.74, 6) is 2.44. The molecule has 0 unspecified atom stereocenters. The van der Waals surface area contributed by atoms with E-state index in [1.165, 1.54) is 16.8 Å². The third-order valence-electron chi connectivity index (χ3n) is 6.93. The first kappa shape index (κ1) is 21.0. The Labute approximate surface area is 199 Å². The van der Waals surface area contributed by atoms with Crippen molar-refractivity contribution < 1.29 is 4.42 Å². The van der Waals surface area contributed by atoms with E-state index >= 15 is 0 Å². The van der Waals surface area contributed by atoms with Crippen LogP contribution in [0.2, 0.25) is 0 Å². The normalized spacial score (nSPS) is 15.4. The molecule has 3 aromatic rings. The Hall–Kier alpha value is -3.58. The quantitative estimate of drug-likeness (QED) is 0.365. The van der Waals surface area contributed by atoms with Crippen molar-refractivity contribution in [1.82, 2.24) is 24.4 Å². The van der Waals surface area contributed by atoms with Crippen LogP contribution in [0.4, 0.5) is 5.95 Å². The summed E-state index contributed by atoms with van der Waals surface area (Å²) in [6.45, 7) is 5.76. The van der Waals surface area contributed by atoms with Gasteiger partial charge in [-0.3, -0.25) is 0 Å². The van der Waals surface area contributed by atoms with Crippen LogP contribution in [0.15, 0.2) is 65.3 Å². The van der Waals surface area contributed by atoms with Gasteiger partial charge in [0.1, 0.15) is 5.76 Å². The van der Waals surface area contributed by atoms with Gasteiger partial charge in [-0.05, 0) is 36.6 Å². The lowest BCUT2D eigenvalue weighted by atomic mass is 10.0. The number of nitrogens with zero attached hydrogens (tertiary/aromatic N) is 4. The van der Waals surface area contributed by atoms with E-state index in [0.29, 0.717) is 18.5 Å². The number of pyridine rings is 1. The number of hydrogen-bond acceptors (Lipinski definition) is 5. The van der Waals surface area contributed by atoms with Gasteiger partial charge in [-0.2, -0.15) is 0 Å². The summed E-state index contributed by atoms with van der Waals surface area (Å²) in [6, 6.07) is 17.4. The zero-order chi connectivity index (χ0) is 22.9. The number of benzene rings is 1. The minimum Gasteiger partial charge on any atom is -0.444 e. The van der Waals surface area contributed by atoms with E-state index in [0.717, 1.165) is 61.6 Å². The molecule has 7 nitrogen and oxygen atoms in total. The standard InChI is InChI=1S/C27H30N6O/c1-19-29-17-22(34-19)18-33-26-8-3-2-7-25(26)31-27(33)30-21-10-14-32(15-11-21)16-12-24-23-6-4-5-20(23)9-13-28-24/h2-9,13,17,21,28H,10-12,14-16,18H2,1H3,(H,30,31). The topological polar surface area (TPSA) is 74.9 Å². The van der Waals surface area contributed by atoms with E-state index in [-0.39, 0.29) is 0 Å². The number of aryl methyl sites for hydroxylation is 1. The van der Waals surface area contributed by atoms with Crippen LogP contribution >= 0.6 is 0 Å². The molecule has 1 aromatic carbocycles. The minimum atomic E-state index is 0.411. The third kappa shape index (κ3) is 4.19. The van der Waals surface area contributed by atoms with Crippen LogP contribution in [-0.2, 0) is 13.0 Å². The average molecular weight is 455 g/mol. The molecule has 3 aliphatic rings. The Bertz CT molecular complexity index is 1360. The number of aromatic amines is 1. The molecule has 0 amide bonds. The number of para-hydroxylation sites is 2. The molecule has 174 valence electrons. The van der Waals surface area contributed by atoms with E-state index in [4.69, 9.17) is 9.40 Å². The van der Waals surface area contributed by atoms with Gasteiger partial charge >= 0.3 is 0 Å². The largest absolute Gasteiger partial charge is 0.444 e. The number of oxazole rings is 1. The number of hydrogen-bond donors (Lipinski definition) is 2. The highest BCUT2D eigenvalue weighted by Gasteiger charge is 2.22. The van der Waals surface area contributed by atoms with Crippen LogP contribution < -0.4 is 5.32 Å². The maximum Gasteiger partial charge on any atom is 0.204 e. The molecule has 6 rings (SSSR count). The summed E-state index contributed by atoms with van der Waals surface area (Å²) < 4.78 is 7.96. The predicted octanol–water partition coefficient (Wildman–Crippen LogP) is 4.93. The van der Waals surface area contributed by atoms with Gasteiger partial charge in [-0.15, -0.1) is 0 Å². The number of aromatic nitrogens is 4. The molecule has 34 heavy (non-hydrogen) atoms. The molecule has 0 spiro atoms. The molecule has 0 saturated carbocycles. The summed E-state index contributed by atoms with van der Waals surface area (Å²) in [4.78, 5) is 15.2. The molecule has 1 fully saturated rings. The monoisotopic (exact) mass is 454 g/mol. The molecule has 7 heteroatoms. The zero-order valence-electron chi connectivity index (χ0n) is 19.5. The lowest BCUT2D eigenvalue weighted by Gasteiger charge is -2.32. The first-order valence-electron chi connectivity index (χ1n) is 12.1. The van der Waals surface area contributed by atoms with Crippen molar-refractivity contribution in [2.75, 3.05) is 25.0 Å². The fourth-order valence-electron chi connectivity index (χ4n) is 5.10. The van der Waals surface area contributed by atoms with E-state index < -0.39 is 0 Å². The predicted molar refractivity (Wildman–Crippen MR) is 134 cm³/mol. The maximum atomic E-state index is 5.75. The highest BCUT2D eigenvalue weighted by atomic mass is 16.4. The van der Waals surface area contributed by atoms with Gasteiger partial charge in [-0.25, -0.2) is 9.97 Å². The third-order valence-corrected chi connectivity index (χ3v) is 6.93. The van der Waals surface area contributed by atoms with E-state index in [1.807, 2.05) is 13.0 Å². The molecule has 0 bridgehead atoms. The molecule has 0 radical (unpaired) electrons. The average Bonchev–Trinajstić information content (AvgIpc) is 3.58. The maximum absolute atomic E-state index is 5.75. The number of rotatable bonds is 7. The van der Waals surface area contributed by atoms with Gasteiger partial charge in [0.05, 0.1) is 23.8 Å². The summed E-state index contributed by atoms with van der Waals surface area (Å²) in [7, 11) is 0. The number of imidazole rings is 1. The fraction of sp³-hybridized carbons (Fsp3) is 0.333. The second-order valence-corrected chi connectivity index (χ2v) is 9.22. The molecule has 4 heterocycles. The molecule has 2 N–H and O–H groups in total. The Balaban J connectivity index is 1.10. The SMILES string of the molecule is Cc1ncc(Cn2c(NC3CCN(CCc4[nH]ccc5cccc4-5)CC3)nc3ccccc32)o1. The van der Waals surface area contributed by atoms with Crippen molar-refractivity contribution in [3.8, 4) is 11.1 Å². The fourth-order valence-corrected chi connectivity index (χ4v) is 5.10. The summed E-state index contributed by atoms with van der Waals surface area (Å²) in [5, 5.41) is 3.74. The van der Waals surface area contributed by atoms with Gasteiger partial charge < -0.3 is 24.2 Å². The first-order chi connectivity index (χ1) is 16.7. The van der Waals surface area contributed by atoms with Gasteiger partial charge in [0.15, 0.2) is 5.89 Å². The van der Waals surface area contributed by atoms with Crippen LogP contribution in [-0.4, -0.2) is 50.1 Å².